The normalized spacial score (nSPS) is 25.8. The molecule has 2 fully saturated rings. The molecule has 6 nitrogen and oxygen atoms in total. The van der Waals surface area contributed by atoms with Crippen molar-refractivity contribution in [1.82, 2.24) is 24.6 Å². The molecule has 0 radical (unpaired) electrons. The molecule has 0 bridgehead atoms. The first kappa shape index (κ1) is 14.4. The van der Waals surface area contributed by atoms with Gasteiger partial charge < -0.3 is 9.72 Å². The Morgan fingerprint density at radius 2 is 1.96 bits per heavy atom. The number of hydrogen-bond donors (Lipinski definition) is 1. The maximum Gasteiger partial charge on any atom is 0.179 e. The Morgan fingerprint density at radius 1 is 1.04 bits per heavy atom. The van der Waals surface area contributed by atoms with E-state index >= 15 is 0 Å². The van der Waals surface area contributed by atoms with E-state index in [1.165, 1.54) is 32.1 Å². The second kappa shape index (κ2) is 5.84. The van der Waals surface area contributed by atoms with Crippen LogP contribution >= 0.6 is 0 Å². The van der Waals surface area contributed by atoms with Crippen LogP contribution in [0.4, 0.5) is 0 Å². The fraction of sp³-hybridized carbons (Fsp3) is 0.611. The Hall–Kier alpha value is -1.95. The molecule has 1 unspecified atom stereocenters. The standard InChI is InChI=1S/C18H23N5O/c1-2-4-13(5-3-1)24-14-7-6-12(10-14)18-22-21-16-11-20-17-15(23(16)18)8-9-19-17/h8-9,11-14,19H,1-7,10H2/t12-,14?/m1/s1. The van der Waals surface area contributed by atoms with E-state index in [-0.39, 0.29) is 0 Å². The van der Waals surface area contributed by atoms with Crippen LogP contribution in [0.1, 0.15) is 63.1 Å². The molecule has 3 aromatic rings. The SMILES string of the molecule is c1cc2c(ncc3nnc([C@@H]4CCC(OC5CCCCC5)C4)n32)[nH]1. The molecule has 2 aliphatic carbocycles. The first-order valence-electron chi connectivity index (χ1n) is 9.21. The zero-order valence-corrected chi connectivity index (χ0v) is 13.8. The third-order valence-electron chi connectivity index (χ3n) is 5.65. The summed E-state index contributed by atoms with van der Waals surface area (Å²) in [6, 6.07) is 2.05. The van der Waals surface area contributed by atoms with Gasteiger partial charge in [0.2, 0.25) is 0 Å². The molecule has 3 heterocycles. The summed E-state index contributed by atoms with van der Waals surface area (Å²) in [7, 11) is 0. The van der Waals surface area contributed by atoms with E-state index in [1.807, 2.05) is 12.3 Å². The highest BCUT2D eigenvalue weighted by molar-refractivity contribution is 5.74. The molecule has 5 rings (SSSR count). The second-order valence-electron chi connectivity index (χ2n) is 7.25. The van der Waals surface area contributed by atoms with E-state index in [1.54, 1.807) is 6.20 Å². The van der Waals surface area contributed by atoms with E-state index in [0.717, 1.165) is 41.9 Å². The molecular weight excluding hydrogens is 302 g/mol. The first-order valence-corrected chi connectivity index (χ1v) is 9.21. The number of ether oxygens (including phenoxy) is 1. The molecule has 126 valence electrons. The number of aromatic amines is 1. The lowest BCUT2D eigenvalue weighted by atomic mass is 9.97. The average Bonchev–Trinajstić information content (AvgIpc) is 3.33. The van der Waals surface area contributed by atoms with Crippen LogP contribution in [0.25, 0.3) is 16.8 Å². The van der Waals surface area contributed by atoms with Gasteiger partial charge in [0.1, 0.15) is 5.82 Å². The Kier molecular flexibility index (Phi) is 3.51. The number of nitrogens with zero attached hydrogens (tertiary/aromatic N) is 4. The summed E-state index contributed by atoms with van der Waals surface area (Å²) < 4.78 is 8.55. The molecule has 24 heavy (non-hydrogen) atoms. The summed E-state index contributed by atoms with van der Waals surface area (Å²) in [5, 5.41) is 8.82. The quantitative estimate of drug-likeness (QED) is 0.799. The topological polar surface area (TPSA) is 68.1 Å². The second-order valence-corrected chi connectivity index (χ2v) is 7.25. The molecule has 6 heteroatoms. The van der Waals surface area contributed by atoms with Gasteiger partial charge in [-0.3, -0.25) is 4.40 Å². The minimum absolute atomic E-state index is 0.383. The van der Waals surface area contributed by atoms with Crippen LogP contribution in [0.15, 0.2) is 18.5 Å². The van der Waals surface area contributed by atoms with Crippen molar-refractivity contribution in [2.24, 2.45) is 0 Å². The largest absolute Gasteiger partial charge is 0.375 e. The summed E-state index contributed by atoms with van der Waals surface area (Å²) in [5.41, 5.74) is 2.77. The lowest BCUT2D eigenvalue weighted by Gasteiger charge is -2.25. The number of aromatic nitrogens is 5. The minimum atomic E-state index is 0.383. The molecule has 0 aliphatic heterocycles. The van der Waals surface area contributed by atoms with Crippen molar-refractivity contribution in [2.75, 3.05) is 0 Å². The van der Waals surface area contributed by atoms with Crippen molar-refractivity contribution in [3.05, 3.63) is 24.3 Å². The van der Waals surface area contributed by atoms with E-state index in [2.05, 4.69) is 24.6 Å². The lowest BCUT2D eigenvalue weighted by Crippen LogP contribution is -2.22. The maximum absolute atomic E-state index is 6.39. The van der Waals surface area contributed by atoms with Gasteiger partial charge >= 0.3 is 0 Å². The van der Waals surface area contributed by atoms with Crippen LogP contribution in [0.3, 0.4) is 0 Å². The molecule has 2 aliphatic rings. The van der Waals surface area contributed by atoms with Gasteiger partial charge in [-0.15, -0.1) is 10.2 Å². The summed E-state index contributed by atoms with van der Waals surface area (Å²) >= 11 is 0. The van der Waals surface area contributed by atoms with Crippen molar-refractivity contribution in [2.45, 2.75) is 69.5 Å². The highest BCUT2D eigenvalue weighted by Crippen LogP contribution is 2.37. The molecule has 3 aromatic heterocycles. The monoisotopic (exact) mass is 325 g/mol. The molecule has 2 saturated carbocycles. The van der Waals surface area contributed by atoms with Crippen LogP contribution in [0.5, 0.6) is 0 Å². The highest BCUT2D eigenvalue weighted by atomic mass is 16.5. The maximum atomic E-state index is 6.39. The Labute approximate surface area is 140 Å². The molecule has 0 saturated heterocycles. The predicted molar refractivity (Wildman–Crippen MR) is 91.0 cm³/mol. The molecule has 1 N–H and O–H groups in total. The zero-order valence-electron chi connectivity index (χ0n) is 13.8. The van der Waals surface area contributed by atoms with Crippen molar-refractivity contribution < 1.29 is 4.74 Å². The van der Waals surface area contributed by atoms with Gasteiger partial charge in [0.15, 0.2) is 11.3 Å². The summed E-state index contributed by atoms with van der Waals surface area (Å²) in [5.74, 6) is 1.49. The van der Waals surface area contributed by atoms with Gasteiger partial charge in [0, 0.05) is 12.1 Å². The number of rotatable bonds is 3. The van der Waals surface area contributed by atoms with Gasteiger partial charge in [-0.1, -0.05) is 19.3 Å². The van der Waals surface area contributed by atoms with Crippen molar-refractivity contribution in [1.29, 1.82) is 0 Å². The van der Waals surface area contributed by atoms with Gasteiger partial charge in [0.05, 0.1) is 23.9 Å². The summed E-state index contributed by atoms with van der Waals surface area (Å²) in [6.45, 7) is 0. The van der Waals surface area contributed by atoms with Crippen LogP contribution < -0.4 is 0 Å². The van der Waals surface area contributed by atoms with Crippen LogP contribution in [-0.2, 0) is 4.74 Å². The van der Waals surface area contributed by atoms with E-state index in [4.69, 9.17) is 4.74 Å². The third-order valence-corrected chi connectivity index (χ3v) is 5.65. The summed E-state index contributed by atoms with van der Waals surface area (Å²) in [4.78, 5) is 7.57. The van der Waals surface area contributed by atoms with Gasteiger partial charge in [0.25, 0.3) is 0 Å². The number of fused-ring (bicyclic) bond motifs is 3. The minimum Gasteiger partial charge on any atom is -0.375 e. The lowest BCUT2D eigenvalue weighted by molar-refractivity contribution is -0.0265. The number of H-pyrrole nitrogens is 1. The van der Waals surface area contributed by atoms with Crippen molar-refractivity contribution in [3.63, 3.8) is 0 Å². The number of nitrogens with one attached hydrogen (secondary N) is 1. The Balaban J connectivity index is 1.39. The van der Waals surface area contributed by atoms with Crippen LogP contribution in [0.2, 0.25) is 0 Å². The molecule has 0 aromatic carbocycles. The fourth-order valence-corrected chi connectivity index (χ4v) is 4.43. The number of hydrogen-bond acceptors (Lipinski definition) is 4. The molecule has 2 atom stereocenters. The van der Waals surface area contributed by atoms with Crippen molar-refractivity contribution in [3.8, 4) is 0 Å². The third kappa shape index (κ3) is 2.40. The molecular formula is C18H23N5O. The van der Waals surface area contributed by atoms with Gasteiger partial charge in [-0.25, -0.2) is 4.98 Å². The average molecular weight is 325 g/mol. The van der Waals surface area contributed by atoms with E-state index in [9.17, 15) is 0 Å². The fourth-order valence-electron chi connectivity index (χ4n) is 4.43. The van der Waals surface area contributed by atoms with Crippen LogP contribution in [0, 0.1) is 0 Å². The molecule has 0 spiro atoms. The van der Waals surface area contributed by atoms with E-state index < -0.39 is 0 Å². The van der Waals surface area contributed by atoms with E-state index in [0.29, 0.717) is 18.1 Å². The Bertz CT molecular complexity index is 847. The van der Waals surface area contributed by atoms with Crippen LogP contribution in [-0.4, -0.2) is 36.8 Å². The summed E-state index contributed by atoms with van der Waals surface area (Å²) in [6.07, 6.45) is 14.4. The van der Waals surface area contributed by atoms with Gasteiger partial charge in [-0.05, 0) is 38.2 Å². The highest BCUT2D eigenvalue weighted by Gasteiger charge is 2.32. The Morgan fingerprint density at radius 3 is 2.88 bits per heavy atom. The van der Waals surface area contributed by atoms with Crippen molar-refractivity contribution >= 4 is 16.8 Å². The smallest absolute Gasteiger partial charge is 0.179 e. The first-order chi connectivity index (χ1) is 11.9. The van der Waals surface area contributed by atoms with Gasteiger partial charge in [-0.2, -0.15) is 0 Å². The molecule has 0 amide bonds. The zero-order chi connectivity index (χ0) is 15.9. The predicted octanol–water partition coefficient (Wildman–Crippen LogP) is 3.59.